The van der Waals surface area contributed by atoms with Crippen LogP contribution >= 0.6 is 22.6 Å². The van der Waals surface area contributed by atoms with Crippen LogP contribution in [0.3, 0.4) is 0 Å². The number of rotatable bonds is 7. The second-order valence-electron chi connectivity index (χ2n) is 6.23. The van der Waals surface area contributed by atoms with Crippen LogP contribution in [0.15, 0.2) is 24.3 Å². The first-order valence-corrected chi connectivity index (χ1v) is 9.64. The summed E-state index contributed by atoms with van der Waals surface area (Å²) in [7, 11) is 0. The summed E-state index contributed by atoms with van der Waals surface area (Å²) in [6.07, 6.45) is 0.676. The molecule has 1 aromatic rings. The molecule has 1 aromatic carbocycles. The van der Waals surface area contributed by atoms with Crippen LogP contribution in [0.2, 0.25) is 0 Å². The first kappa shape index (κ1) is 21.6. The summed E-state index contributed by atoms with van der Waals surface area (Å²) >= 11 is 2.03. The molecule has 1 saturated heterocycles. The molecule has 0 bridgehead atoms. The molecule has 0 radical (unpaired) electrons. The van der Waals surface area contributed by atoms with E-state index in [1.165, 1.54) is 4.90 Å². The van der Waals surface area contributed by atoms with Crippen LogP contribution < -0.4 is 10.6 Å². The number of carbonyl (C=O) groups excluding carboxylic acids is 3. The van der Waals surface area contributed by atoms with Gasteiger partial charge in [-0.1, -0.05) is 6.07 Å². The predicted molar refractivity (Wildman–Crippen MR) is 106 cm³/mol. The van der Waals surface area contributed by atoms with Crippen molar-refractivity contribution in [2.45, 2.75) is 31.3 Å². The largest absolute Gasteiger partial charge is 0.481 e. The monoisotopic (exact) mass is 498 g/mol. The van der Waals surface area contributed by atoms with Crippen LogP contribution in [0.1, 0.15) is 29.6 Å². The smallest absolute Gasteiger partial charge is 0.305 e. The first-order valence-electron chi connectivity index (χ1n) is 8.57. The van der Waals surface area contributed by atoms with E-state index in [-0.39, 0.29) is 6.54 Å². The fourth-order valence-electron chi connectivity index (χ4n) is 2.84. The molecule has 0 aliphatic carbocycles. The number of hydrogen-bond acceptors (Lipinski definition) is 5. The Morgan fingerprint density at radius 3 is 2.75 bits per heavy atom. The zero-order valence-electron chi connectivity index (χ0n) is 14.9. The van der Waals surface area contributed by atoms with Crippen molar-refractivity contribution in [2.24, 2.45) is 0 Å². The van der Waals surface area contributed by atoms with Gasteiger partial charge in [-0.25, -0.2) is 0 Å². The molecule has 0 saturated carbocycles. The van der Waals surface area contributed by atoms with Gasteiger partial charge in [-0.05, 0) is 53.6 Å². The average Bonchev–Trinajstić information content (AvgIpc) is 3.13. The summed E-state index contributed by atoms with van der Waals surface area (Å²) in [5.41, 5.74) is 0.292. The number of halogens is 1. The highest BCUT2D eigenvalue weighted by molar-refractivity contribution is 14.1. The van der Waals surface area contributed by atoms with Gasteiger partial charge >= 0.3 is 5.97 Å². The molecule has 3 amide bonds. The summed E-state index contributed by atoms with van der Waals surface area (Å²) in [4.78, 5) is 49.3. The number of nitrogens with zero attached hydrogens (tertiary/aromatic N) is 2. The molecule has 1 aliphatic heterocycles. The Bertz CT molecular complexity index is 822. The SMILES string of the molecule is N#C[C@@H]1CCCN1C(=O)CNC(=O)[C@@H](CC(=O)O)NC(=O)c1cccc(I)c1. The number of amides is 3. The van der Waals surface area contributed by atoms with E-state index >= 15 is 0 Å². The third kappa shape index (κ3) is 5.91. The van der Waals surface area contributed by atoms with E-state index in [0.29, 0.717) is 24.9 Å². The van der Waals surface area contributed by atoms with E-state index in [2.05, 4.69) is 10.6 Å². The van der Waals surface area contributed by atoms with Gasteiger partial charge in [0.25, 0.3) is 5.91 Å². The molecule has 9 nitrogen and oxygen atoms in total. The van der Waals surface area contributed by atoms with Crippen molar-refractivity contribution in [1.82, 2.24) is 15.5 Å². The molecule has 2 atom stereocenters. The molecule has 2 rings (SSSR count). The number of carbonyl (C=O) groups is 4. The zero-order chi connectivity index (χ0) is 20.7. The van der Waals surface area contributed by atoms with Gasteiger partial charge in [0.15, 0.2) is 0 Å². The Labute approximate surface area is 175 Å². The minimum Gasteiger partial charge on any atom is -0.481 e. The van der Waals surface area contributed by atoms with Crippen molar-refractivity contribution in [3.05, 3.63) is 33.4 Å². The molecule has 148 valence electrons. The number of carboxylic acid groups (broad SMARTS) is 1. The maximum atomic E-state index is 12.4. The van der Waals surface area contributed by atoms with E-state index in [1.807, 2.05) is 28.7 Å². The fourth-order valence-corrected chi connectivity index (χ4v) is 3.39. The van der Waals surface area contributed by atoms with Gasteiger partial charge in [0.2, 0.25) is 11.8 Å². The van der Waals surface area contributed by atoms with Gasteiger partial charge in [-0.15, -0.1) is 0 Å². The molecule has 28 heavy (non-hydrogen) atoms. The molecular weight excluding hydrogens is 479 g/mol. The molecule has 0 unspecified atom stereocenters. The Morgan fingerprint density at radius 2 is 2.11 bits per heavy atom. The Hall–Kier alpha value is -2.68. The van der Waals surface area contributed by atoms with Gasteiger partial charge in [-0.2, -0.15) is 5.26 Å². The summed E-state index contributed by atoms with van der Waals surface area (Å²) in [6, 6.07) is 6.80. The number of benzene rings is 1. The second-order valence-corrected chi connectivity index (χ2v) is 7.47. The molecule has 0 spiro atoms. The van der Waals surface area contributed by atoms with Gasteiger partial charge in [0.1, 0.15) is 12.1 Å². The van der Waals surface area contributed by atoms with Crippen LogP contribution in [0.5, 0.6) is 0 Å². The van der Waals surface area contributed by atoms with Crippen molar-refractivity contribution in [3.63, 3.8) is 0 Å². The Morgan fingerprint density at radius 1 is 1.36 bits per heavy atom. The summed E-state index contributed by atoms with van der Waals surface area (Å²) in [5, 5.41) is 22.8. The van der Waals surface area contributed by atoms with E-state index < -0.39 is 42.2 Å². The molecular formula is C18H19IN4O5. The lowest BCUT2D eigenvalue weighted by atomic mass is 10.1. The summed E-state index contributed by atoms with van der Waals surface area (Å²) in [6.45, 7) is 0.0705. The number of hydrogen-bond donors (Lipinski definition) is 3. The van der Waals surface area contributed by atoms with E-state index in [9.17, 15) is 19.2 Å². The van der Waals surface area contributed by atoms with E-state index in [1.54, 1.807) is 24.3 Å². The lowest BCUT2D eigenvalue weighted by molar-refractivity contribution is -0.140. The average molecular weight is 498 g/mol. The van der Waals surface area contributed by atoms with Crippen LogP contribution in [0.4, 0.5) is 0 Å². The Kier molecular flexibility index (Phi) is 7.74. The summed E-state index contributed by atoms with van der Waals surface area (Å²) in [5.74, 6) is -3.05. The highest BCUT2D eigenvalue weighted by Gasteiger charge is 2.30. The highest BCUT2D eigenvalue weighted by atomic mass is 127. The van der Waals surface area contributed by atoms with Crippen molar-refractivity contribution in [1.29, 1.82) is 5.26 Å². The van der Waals surface area contributed by atoms with Crippen LogP contribution in [-0.4, -0.2) is 58.9 Å². The summed E-state index contributed by atoms with van der Waals surface area (Å²) < 4.78 is 0.813. The lowest BCUT2D eigenvalue weighted by Gasteiger charge is -2.21. The van der Waals surface area contributed by atoms with Crippen molar-refractivity contribution in [3.8, 4) is 6.07 Å². The standard InChI is InChI=1S/C18H19IN4O5/c19-12-4-1-3-11(7-12)17(27)22-14(8-16(25)26)18(28)21-10-15(24)23-6-2-5-13(23)9-20/h1,3-4,7,13-14H,2,5-6,8,10H2,(H,21,28)(H,22,27)(H,25,26)/t13-,14+/m0/s1. The number of aliphatic carboxylic acids is 1. The second kappa shape index (κ2) is 10.0. The molecule has 1 aliphatic rings. The van der Waals surface area contributed by atoms with Gasteiger partial charge in [-0.3, -0.25) is 19.2 Å². The topological polar surface area (TPSA) is 140 Å². The number of nitrogens with one attached hydrogen (secondary N) is 2. The minimum absolute atomic E-state index is 0.292. The van der Waals surface area contributed by atoms with Gasteiger partial charge in [0, 0.05) is 15.7 Å². The molecule has 1 heterocycles. The minimum atomic E-state index is -1.33. The molecule has 3 N–H and O–H groups in total. The normalized spacial score (nSPS) is 16.7. The quantitative estimate of drug-likeness (QED) is 0.468. The third-order valence-corrected chi connectivity index (χ3v) is 4.89. The fraction of sp³-hybridized carbons (Fsp3) is 0.389. The number of nitriles is 1. The van der Waals surface area contributed by atoms with E-state index in [4.69, 9.17) is 10.4 Å². The number of carboxylic acids is 1. The zero-order valence-corrected chi connectivity index (χ0v) is 17.0. The number of likely N-dealkylation sites (tertiary alicyclic amines) is 1. The van der Waals surface area contributed by atoms with Crippen molar-refractivity contribution in [2.75, 3.05) is 13.1 Å². The maximum absolute atomic E-state index is 12.4. The highest BCUT2D eigenvalue weighted by Crippen LogP contribution is 2.16. The molecule has 1 fully saturated rings. The van der Waals surface area contributed by atoms with Crippen LogP contribution in [0.25, 0.3) is 0 Å². The molecule has 10 heteroatoms. The maximum Gasteiger partial charge on any atom is 0.305 e. The van der Waals surface area contributed by atoms with E-state index in [0.717, 1.165) is 3.57 Å². The Balaban J connectivity index is 1.98. The first-order chi connectivity index (χ1) is 13.3. The lowest BCUT2D eigenvalue weighted by Crippen LogP contribution is -2.50. The third-order valence-electron chi connectivity index (χ3n) is 4.22. The predicted octanol–water partition coefficient (Wildman–Crippen LogP) is 0.495. The van der Waals surface area contributed by atoms with Crippen molar-refractivity contribution >= 4 is 46.3 Å². The van der Waals surface area contributed by atoms with Gasteiger partial charge in [0.05, 0.1) is 19.0 Å². The molecule has 0 aromatic heterocycles. The van der Waals surface area contributed by atoms with Gasteiger partial charge < -0.3 is 20.6 Å². The van der Waals surface area contributed by atoms with Crippen LogP contribution in [-0.2, 0) is 14.4 Å². The van der Waals surface area contributed by atoms with Crippen LogP contribution in [0, 0.1) is 14.9 Å². The van der Waals surface area contributed by atoms with Crippen molar-refractivity contribution < 1.29 is 24.3 Å².